The van der Waals surface area contributed by atoms with Gasteiger partial charge in [0, 0.05) is 0 Å². The Balaban J connectivity index is 2.59. The first-order chi connectivity index (χ1) is 8.02. The number of hydrogen-bond acceptors (Lipinski definition) is 6. The monoisotopic (exact) mass is 239 g/mol. The molecule has 0 aliphatic rings. The lowest BCUT2D eigenvalue weighted by molar-refractivity contribution is -0.142. The van der Waals surface area contributed by atoms with Crippen molar-refractivity contribution in [1.82, 2.24) is 0 Å². The van der Waals surface area contributed by atoms with Gasteiger partial charge in [0.15, 0.2) is 0 Å². The average Bonchev–Trinajstić information content (AvgIpc) is 2.30. The Hall–Kier alpha value is -1.57. The molecule has 1 aromatic rings. The van der Waals surface area contributed by atoms with E-state index in [0.717, 1.165) is 5.56 Å². The summed E-state index contributed by atoms with van der Waals surface area (Å²) in [6.45, 7) is 0. The number of esters is 1. The molecule has 0 unspecified atom stereocenters. The fourth-order valence-corrected chi connectivity index (χ4v) is 1.31. The predicted octanol–water partition coefficient (Wildman–Crippen LogP) is -0.922. The SMILES string of the molecule is COC(=O)[C@@H](N)Cc1ccc(OB(O)O)cc1. The predicted molar refractivity (Wildman–Crippen MR) is 61.0 cm³/mol. The third kappa shape index (κ3) is 4.43. The van der Waals surface area contributed by atoms with Crippen molar-refractivity contribution < 1.29 is 24.2 Å². The molecule has 1 aromatic carbocycles. The van der Waals surface area contributed by atoms with Crippen LogP contribution in [0.3, 0.4) is 0 Å². The summed E-state index contributed by atoms with van der Waals surface area (Å²) in [6.07, 6.45) is 0.342. The second kappa shape index (κ2) is 6.24. The summed E-state index contributed by atoms with van der Waals surface area (Å²) in [6, 6.07) is 5.76. The van der Waals surface area contributed by atoms with Gasteiger partial charge in [-0.05, 0) is 24.1 Å². The molecule has 0 aliphatic carbocycles. The molecule has 0 aliphatic heterocycles. The maximum atomic E-state index is 11.1. The number of hydrogen-bond donors (Lipinski definition) is 3. The number of carbonyl (C=O) groups is 1. The number of methoxy groups -OCH3 is 1. The van der Waals surface area contributed by atoms with Crippen molar-refractivity contribution in [2.24, 2.45) is 5.73 Å². The van der Waals surface area contributed by atoms with Crippen molar-refractivity contribution in [1.29, 1.82) is 0 Å². The molecule has 17 heavy (non-hydrogen) atoms. The first-order valence-electron chi connectivity index (χ1n) is 4.98. The summed E-state index contributed by atoms with van der Waals surface area (Å²) < 4.78 is 9.14. The van der Waals surface area contributed by atoms with Crippen LogP contribution in [-0.2, 0) is 16.0 Å². The van der Waals surface area contributed by atoms with Crippen molar-refractivity contribution in [3.8, 4) is 5.75 Å². The summed E-state index contributed by atoms with van der Waals surface area (Å²) in [4.78, 5) is 11.1. The lowest BCUT2D eigenvalue weighted by Crippen LogP contribution is -2.33. The van der Waals surface area contributed by atoms with E-state index < -0.39 is 19.3 Å². The molecule has 7 heteroatoms. The molecule has 0 amide bonds. The first kappa shape index (κ1) is 13.5. The maximum Gasteiger partial charge on any atom is 0.707 e. The highest BCUT2D eigenvalue weighted by molar-refractivity contribution is 6.33. The summed E-state index contributed by atoms with van der Waals surface area (Å²) in [5.41, 5.74) is 6.41. The molecule has 1 atom stereocenters. The van der Waals surface area contributed by atoms with E-state index in [-0.39, 0.29) is 0 Å². The van der Waals surface area contributed by atoms with Gasteiger partial charge in [-0.2, -0.15) is 0 Å². The van der Waals surface area contributed by atoms with Crippen LogP contribution < -0.4 is 10.4 Å². The summed E-state index contributed by atoms with van der Waals surface area (Å²) >= 11 is 0. The Kier molecular flexibility index (Phi) is 4.95. The molecule has 0 spiro atoms. The molecule has 0 heterocycles. The fourth-order valence-electron chi connectivity index (χ4n) is 1.31. The van der Waals surface area contributed by atoms with Gasteiger partial charge in [-0.3, -0.25) is 4.79 Å². The zero-order valence-electron chi connectivity index (χ0n) is 9.37. The highest BCUT2D eigenvalue weighted by Crippen LogP contribution is 2.13. The van der Waals surface area contributed by atoms with Crippen LogP contribution in [0.25, 0.3) is 0 Å². The van der Waals surface area contributed by atoms with Crippen LogP contribution in [-0.4, -0.2) is 36.5 Å². The van der Waals surface area contributed by atoms with Crippen LogP contribution in [0.1, 0.15) is 5.56 Å². The Morgan fingerprint density at radius 3 is 2.47 bits per heavy atom. The molecule has 0 saturated carbocycles. The van der Waals surface area contributed by atoms with Crippen LogP contribution in [0.4, 0.5) is 0 Å². The minimum absolute atomic E-state index is 0.315. The highest BCUT2D eigenvalue weighted by atomic mass is 16.6. The topological polar surface area (TPSA) is 102 Å². The Morgan fingerprint density at radius 1 is 1.41 bits per heavy atom. The standard InChI is InChI=1S/C10H14BNO5/c1-16-10(13)9(12)6-7-2-4-8(5-3-7)17-11(14)15/h2-5,9,14-15H,6,12H2,1H3/t9-/m0/s1. The molecule has 0 bridgehead atoms. The Morgan fingerprint density at radius 2 is 2.00 bits per heavy atom. The van der Waals surface area contributed by atoms with Crippen LogP contribution >= 0.6 is 0 Å². The molecule has 0 radical (unpaired) electrons. The van der Waals surface area contributed by atoms with Crippen molar-refractivity contribution in [2.45, 2.75) is 12.5 Å². The lowest BCUT2D eigenvalue weighted by atomic mass is 10.1. The van der Waals surface area contributed by atoms with E-state index in [1.807, 2.05) is 0 Å². The van der Waals surface area contributed by atoms with Crippen molar-refractivity contribution in [2.75, 3.05) is 7.11 Å². The molecule has 0 fully saturated rings. The number of nitrogens with two attached hydrogens (primary N) is 1. The molecular formula is C10H14BNO5. The van der Waals surface area contributed by atoms with E-state index >= 15 is 0 Å². The van der Waals surface area contributed by atoms with E-state index in [4.69, 9.17) is 15.8 Å². The van der Waals surface area contributed by atoms with Crippen LogP contribution in [0.15, 0.2) is 24.3 Å². The van der Waals surface area contributed by atoms with Gasteiger partial charge in [-0.1, -0.05) is 12.1 Å². The van der Waals surface area contributed by atoms with Gasteiger partial charge in [-0.25, -0.2) is 0 Å². The zero-order valence-corrected chi connectivity index (χ0v) is 9.37. The van der Waals surface area contributed by atoms with Crippen molar-refractivity contribution in [3.05, 3.63) is 29.8 Å². The number of benzene rings is 1. The summed E-state index contributed by atoms with van der Waals surface area (Å²) in [7, 11) is -0.569. The molecular weight excluding hydrogens is 225 g/mol. The zero-order chi connectivity index (χ0) is 12.8. The minimum atomic E-state index is -1.85. The number of rotatable bonds is 5. The molecule has 1 rings (SSSR count). The second-order valence-corrected chi connectivity index (χ2v) is 3.42. The van der Waals surface area contributed by atoms with Crippen LogP contribution in [0, 0.1) is 0 Å². The fraction of sp³-hybridized carbons (Fsp3) is 0.300. The third-order valence-electron chi connectivity index (χ3n) is 2.12. The lowest BCUT2D eigenvalue weighted by Gasteiger charge is -2.10. The maximum absolute atomic E-state index is 11.1. The van der Waals surface area contributed by atoms with Gasteiger partial charge in [0.1, 0.15) is 11.8 Å². The van der Waals surface area contributed by atoms with Crippen molar-refractivity contribution in [3.63, 3.8) is 0 Å². The first-order valence-corrected chi connectivity index (χ1v) is 4.98. The van der Waals surface area contributed by atoms with Gasteiger partial charge in [0.2, 0.25) is 0 Å². The minimum Gasteiger partial charge on any atom is -0.512 e. The second-order valence-electron chi connectivity index (χ2n) is 3.42. The number of carbonyl (C=O) groups excluding carboxylic acids is 1. The van der Waals surface area contributed by atoms with Gasteiger partial charge in [0.25, 0.3) is 0 Å². The van der Waals surface area contributed by atoms with E-state index in [9.17, 15) is 4.79 Å². The van der Waals surface area contributed by atoms with Crippen molar-refractivity contribution >= 4 is 13.3 Å². The Labute approximate surface area is 99.1 Å². The van der Waals surface area contributed by atoms with Crippen LogP contribution in [0.2, 0.25) is 0 Å². The summed E-state index contributed by atoms with van der Waals surface area (Å²) in [5.74, 6) is -0.161. The quantitative estimate of drug-likeness (QED) is 0.453. The summed E-state index contributed by atoms with van der Waals surface area (Å²) in [5, 5.41) is 17.2. The van der Waals surface area contributed by atoms with Crippen LogP contribution in [0.5, 0.6) is 5.75 Å². The van der Waals surface area contributed by atoms with Gasteiger partial charge in [-0.15, -0.1) is 0 Å². The van der Waals surface area contributed by atoms with Gasteiger partial charge in [0.05, 0.1) is 7.11 Å². The number of ether oxygens (including phenoxy) is 1. The molecule has 6 nitrogen and oxygen atoms in total. The van der Waals surface area contributed by atoms with Gasteiger partial charge >= 0.3 is 13.3 Å². The normalized spacial score (nSPS) is 11.8. The smallest absolute Gasteiger partial charge is 0.512 e. The molecule has 0 aromatic heterocycles. The highest BCUT2D eigenvalue weighted by Gasteiger charge is 2.15. The van der Waals surface area contributed by atoms with E-state index in [0.29, 0.717) is 12.2 Å². The van der Waals surface area contributed by atoms with E-state index in [2.05, 4.69) is 9.39 Å². The molecule has 92 valence electrons. The van der Waals surface area contributed by atoms with Gasteiger partial charge < -0.3 is 25.2 Å². The van der Waals surface area contributed by atoms with E-state index in [1.165, 1.54) is 7.11 Å². The third-order valence-corrected chi connectivity index (χ3v) is 2.12. The molecule has 0 saturated heterocycles. The largest absolute Gasteiger partial charge is 0.707 e. The van der Waals surface area contributed by atoms with E-state index in [1.54, 1.807) is 24.3 Å². The molecule has 4 N–H and O–H groups in total. The Bertz CT molecular complexity index is 367. The average molecular weight is 239 g/mol.